The third-order valence-corrected chi connectivity index (χ3v) is 4.10. The predicted molar refractivity (Wildman–Crippen MR) is 102 cm³/mol. The number of esters is 2. The molecule has 0 fully saturated rings. The third-order valence-electron chi connectivity index (χ3n) is 4.10. The number of ether oxygens (including phenoxy) is 3. The summed E-state index contributed by atoms with van der Waals surface area (Å²) in [6.45, 7) is 3.54. The van der Waals surface area contributed by atoms with Gasteiger partial charge < -0.3 is 14.2 Å². The second kappa shape index (κ2) is 7.91. The van der Waals surface area contributed by atoms with E-state index >= 15 is 0 Å². The van der Waals surface area contributed by atoms with Gasteiger partial charge in [-0.1, -0.05) is 36.4 Å². The van der Waals surface area contributed by atoms with Crippen molar-refractivity contribution in [2.45, 2.75) is 20.0 Å². The molecular formula is C22H20O5. The lowest BCUT2D eigenvalue weighted by atomic mass is 10.1. The summed E-state index contributed by atoms with van der Waals surface area (Å²) in [7, 11) is 1.28. The second-order valence-electron chi connectivity index (χ2n) is 6.18. The van der Waals surface area contributed by atoms with Crippen molar-refractivity contribution in [2.24, 2.45) is 0 Å². The molecule has 0 amide bonds. The largest absolute Gasteiger partial charge is 0.479 e. The molecule has 3 rings (SSSR count). The molecule has 0 spiro atoms. The van der Waals surface area contributed by atoms with Gasteiger partial charge in [-0.05, 0) is 54.4 Å². The standard InChI is InChI=1S/C22H20O5/c1-14-7-6-10-18(11-14)26-15(2)21(23)27-20-13-17-9-5-4-8-16(17)12-19(20)22(24)25-3/h4-13,15H,1-3H3/t15-/m1/s1. The van der Waals surface area contributed by atoms with Gasteiger partial charge >= 0.3 is 11.9 Å². The molecule has 0 aromatic heterocycles. The molecule has 0 saturated carbocycles. The Hall–Kier alpha value is -3.34. The Morgan fingerprint density at radius 1 is 0.926 bits per heavy atom. The highest BCUT2D eigenvalue weighted by Gasteiger charge is 2.22. The second-order valence-corrected chi connectivity index (χ2v) is 6.18. The topological polar surface area (TPSA) is 61.8 Å². The van der Waals surface area contributed by atoms with E-state index < -0.39 is 18.0 Å². The molecule has 0 bridgehead atoms. The Morgan fingerprint density at radius 2 is 1.63 bits per heavy atom. The minimum Gasteiger partial charge on any atom is -0.479 e. The number of hydrogen-bond donors (Lipinski definition) is 0. The fourth-order valence-electron chi connectivity index (χ4n) is 2.71. The molecule has 0 heterocycles. The van der Waals surface area contributed by atoms with E-state index in [1.807, 2.05) is 49.4 Å². The molecule has 0 saturated heterocycles. The Bertz CT molecular complexity index is 993. The van der Waals surface area contributed by atoms with Crippen molar-refractivity contribution >= 4 is 22.7 Å². The minimum atomic E-state index is -0.844. The predicted octanol–water partition coefficient (Wildman–Crippen LogP) is 4.31. The molecule has 0 aliphatic rings. The number of benzene rings is 3. The van der Waals surface area contributed by atoms with Gasteiger partial charge in [0.15, 0.2) is 6.10 Å². The Kier molecular flexibility index (Phi) is 5.41. The number of methoxy groups -OCH3 is 1. The summed E-state index contributed by atoms with van der Waals surface area (Å²) in [6, 6.07) is 18.2. The van der Waals surface area contributed by atoms with Crippen molar-refractivity contribution in [1.82, 2.24) is 0 Å². The van der Waals surface area contributed by atoms with E-state index in [2.05, 4.69) is 0 Å². The van der Waals surface area contributed by atoms with E-state index in [1.165, 1.54) is 7.11 Å². The average Bonchev–Trinajstić information content (AvgIpc) is 2.66. The number of carbonyl (C=O) groups excluding carboxylic acids is 2. The van der Waals surface area contributed by atoms with Crippen LogP contribution in [0.3, 0.4) is 0 Å². The van der Waals surface area contributed by atoms with Gasteiger partial charge in [-0.25, -0.2) is 9.59 Å². The number of rotatable bonds is 5. The lowest BCUT2D eigenvalue weighted by Gasteiger charge is -2.16. The number of fused-ring (bicyclic) bond motifs is 1. The maximum Gasteiger partial charge on any atom is 0.352 e. The highest BCUT2D eigenvalue weighted by Crippen LogP contribution is 2.27. The fraction of sp³-hybridized carbons (Fsp3) is 0.182. The van der Waals surface area contributed by atoms with Crippen LogP contribution in [0.4, 0.5) is 0 Å². The maximum atomic E-state index is 12.5. The van der Waals surface area contributed by atoms with Crippen molar-refractivity contribution < 1.29 is 23.8 Å². The zero-order valence-corrected chi connectivity index (χ0v) is 15.4. The first-order chi connectivity index (χ1) is 13.0. The highest BCUT2D eigenvalue weighted by atomic mass is 16.6. The lowest BCUT2D eigenvalue weighted by Crippen LogP contribution is -2.29. The smallest absolute Gasteiger partial charge is 0.352 e. The van der Waals surface area contributed by atoms with E-state index in [4.69, 9.17) is 14.2 Å². The van der Waals surface area contributed by atoms with Crippen molar-refractivity contribution in [3.8, 4) is 11.5 Å². The zero-order chi connectivity index (χ0) is 19.4. The van der Waals surface area contributed by atoms with E-state index in [0.29, 0.717) is 5.75 Å². The van der Waals surface area contributed by atoms with Crippen LogP contribution in [0.15, 0.2) is 60.7 Å². The van der Waals surface area contributed by atoms with E-state index in [-0.39, 0.29) is 11.3 Å². The molecule has 5 nitrogen and oxygen atoms in total. The first-order valence-electron chi connectivity index (χ1n) is 8.54. The molecular weight excluding hydrogens is 344 g/mol. The molecule has 138 valence electrons. The van der Waals surface area contributed by atoms with Gasteiger partial charge in [0.25, 0.3) is 0 Å². The summed E-state index contributed by atoms with van der Waals surface area (Å²) >= 11 is 0. The van der Waals surface area contributed by atoms with Gasteiger partial charge in [-0.3, -0.25) is 0 Å². The highest BCUT2D eigenvalue weighted by molar-refractivity contribution is 5.99. The third kappa shape index (κ3) is 4.26. The molecule has 0 unspecified atom stereocenters. The van der Waals surface area contributed by atoms with Crippen LogP contribution < -0.4 is 9.47 Å². The maximum absolute atomic E-state index is 12.5. The van der Waals surface area contributed by atoms with Crippen LogP contribution in [0, 0.1) is 6.92 Å². The van der Waals surface area contributed by atoms with Crippen molar-refractivity contribution in [3.05, 3.63) is 71.8 Å². The van der Waals surface area contributed by atoms with Crippen LogP contribution >= 0.6 is 0 Å². The van der Waals surface area contributed by atoms with Crippen LogP contribution in [0.25, 0.3) is 10.8 Å². The zero-order valence-electron chi connectivity index (χ0n) is 15.4. The molecule has 5 heteroatoms. The number of hydrogen-bond acceptors (Lipinski definition) is 5. The molecule has 1 atom stereocenters. The molecule has 0 radical (unpaired) electrons. The molecule has 0 aliphatic carbocycles. The van der Waals surface area contributed by atoms with Gasteiger partial charge in [0.2, 0.25) is 0 Å². The Morgan fingerprint density at radius 3 is 2.30 bits per heavy atom. The van der Waals surface area contributed by atoms with Crippen molar-refractivity contribution in [1.29, 1.82) is 0 Å². The number of aryl methyl sites for hydroxylation is 1. The van der Waals surface area contributed by atoms with Crippen LogP contribution in [0.5, 0.6) is 11.5 Å². The van der Waals surface area contributed by atoms with Gasteiger partial charge in [0.05, 0.1) is 7.11 Å². The van der Waals surface area contributed by atoms with Gasteiger partial charge in [-0.2, -0.15) is 0 Å². The first-order valence-corrected chi connectivity index (χ1v) is 8.54. The number of carbonyl (C=O) groups is 2. The molecule has 3 aromatic rings. The summed E-state index contributed by atoms with van der Waals surface area (Å²) in [6.07, 6.45) is -0.844. The molecule has 0 aliphatic heterocycles. The Labute approximate surface area is 157 Å². The van der Waals surface area contributed by atoms with Crippen LogP contribution in [-0.2, 0) is 9.53 Å². The molecule has 0 N–H and O–H groups in total. The van der Waals surface area contributed by atoms with Crippen molar-refractivity contribution in [2.75, 3.05) is 7.11 Å². The monoisotopic (exact) mass is 364 g/mol. The molecule has 27 heavy (non-hydrogen) atoms. The van der Waals surface area contributed by atoms with Gasteiger partial charge in [0, 0.05) is 0 Å². The lowest BCUT2D eigenvalue weighted by molar-refractivity contribution is -0.141. The van der Waals surface area contributed by atoms with Crippen LogP contribution in [0.2, 0.25) is 0 Å². The quantitative estimate of drug-likeness (QED) is 0.499. The summed E-state index contributed by atoms with van der Waals surface area (Å²) in [4.78, 5) is 24.6. The molecule has 3 aromatic carbocycles. The fourth-order valence-corrected chi connectivity index (χ4v) is 2.71. The minimum absolute atomic E-state index is 0.144. The summed E-state index contributed by atoms with van der Waals surface area (Å²) in [5.74, 6) is -0.454. The van der Waals surface area contributed by atoms with Gasteiger partial charge in [-0.15, -0.1) is 0 Å². The summed E-state index contributed by atoms with van der Waals surface area (Å²) in [5, 5.41) is 1.70. The summed E-state index contributed by atoms with van der Waals surface area (Å²) < 4.78 is 15.9. The Balaban J connectivity index is 1.85. The van der Waals surface area contributed by atoms with E-state index in [0.717, 1.165) is 16.3 Å². The van der Waals surface area contributed by atoms with Gasteiger partial charge in [0.1, 0.15) is 17.1 Å². The summed E-state index contributed by atoms with van der Waals surface area (Å²) in [5.41, 5.74) is 1.21. The van der Waals surface area contributed by atoms with E-state index in [1.54, 1.807) is 25.1 Å². The normalized spacial score (nSPS) is 11.7. The first kappa shape index (κ1) is 18.5. The van der Waals surface area contributed by atoms with Crippen LogP contribution in [0.1, 0.15) is 22.8 Å². The SMILES string of the molecule is COC(=O)c1cc2ccccc2cc1OC(=O)[C@@H](C)Oc1cccc(C)c1. The average molecular weight is 364 g/mol. The van der Waals surface area contributed by atoms with E-state index in [9.17, 15) is 9.59 Å². The van der Waals surface area contributed by atoms with Crippen molar-refractivity contribution in [3.63, 3.8) is 0 Å². The van der Waals surface area contributed by atoms with Crippen LogP contribution in [-0.4, -0.2) is 25.2 Å².